The highest BCUT2D eigenvalue weighted by molar-refractivity contribution is 6.00. The van der Waals surface area contributed by atoms with Crippen molar-refractivity contribution in [2.24, 2.45) is 0 Å². The maximum Gasteiger partial charge on any atom is 0.253 e. The summed E-state index contributed by atoms with van der Waals surface area (Å²) in [5, 5.41) is 7.92. The Kier molecular flexibility index (Phi) is 6.26. The Bertz CT molecular complexity index is 1490. The lowest BCUT2D eigenvalue weighted by Crippen LogP contribution is -2.48. The van der Waals surface area contributed by atoms with Crippen LogP contribution in [0.2, 0.25) is 0 Å². The fourth-order valence-electron chi connectivity index (χ4n) is 4.31. The molecule has 0 radical (unpaired) electrons. The molecule has 2 aromatic heterocycles. The van der Waals surface area contributed by atoms with Crippen LogP contribution in [-0.2, 0) is 11.2 Å². The molecule has 2 atom stereocenters. The topological polar surface area (TPSA) is 86.9 Å². The highest BCUT2D eigenvalue weighted by atomic mass is 16.2. The zero-order chi connectivity index (χ0) is 24.2. The van der Waals surface area contributed by atoms with E-state index in [4.69, 9.17) is 0 Å². The van der Waals surface area contributed by atoms with Gasteiger partial charge in [0.1, 0.15) is 6.04 Å². The van der Waals surface area contributed by atoms with E-state index in [1.165, 1.54) is 0 Å². The Morgan fingerprint density at radius 2 is 1.66 bits per heavy atom. The van der Waals surface area contributed by atoms with Crippen LogP contribution in [-0.4, -0.2) is 27.8 Å². The van der Waals surface area contributed by atoms with Crippen LogP contribution in [0.15, 0.2) is 97.3 Å². The van der Waals surface area contributed by atoms with E-state index in [9.17, 15) is 9.59 Å². The van der Waals surface area contributed by atoms with Gasteiger partial charge in [0.25, 0.3) is 5.91 Å². The highest BCUT2D eigenvalue weighted by Gasteiger charge is 2.25. The Balaban J connectivity index is 1.41. The third-order valence-electron chi connectivity index (χ3n) is 6.23. The third kappa shape index (κ3) is 4.92. The van der Waals surface area contributed by atoms with Gasteiger partial charge >= 0.3 is 0 Å². The first kappa shape index (κ1) is 22.3. The largest absolute Gasteiger partial charge is 0.361 e. The smallest absolute Gasteiger partial charge is 0.253 e. The van der Waals surface area contributed by atoms with Crippen LogP contribution < -0.4 is 10.6 Å². The molecule has 3 aromatic carbocycles. The van der Waals surface area contributed by atoms with Gasteiger partial charge in [0.2, 0.25) is 5.91 Å². The van der Waals surface area contributed by atoms with Gasteiger partial charge in [-0.1, -0.05) is 66.7 Å². The molecule has 0 saturated carbocycles. The van der Waals surface area contributed by atoms with E-state index in [1.807, 2.05) is 92.0 Å². The van der Waals surface area contributed by atoms with Crippen molar-refractivity contribution in [3.8, 4) is 0 Å². The standard InChI is InChI=1S/C29H26N4O2/c1-19(20-9-3-2-4-10-20)32-29(35)27(16-22-17-31-26-14-8-6-12-24(22)26)33-28(34)23-15-21-11-5-7-13-25(21)30-18-23/h2-15,17-19,27,31H,16H2,1H3,(H,32,35)(H,33,34)/t19-,27-/m1/s1. The second kappa shape index (κ2) is 9.81. The average Bonchev–Trinajstić information content (AvgIpc) is 3.31. The quantitative estimate of drug-likeness (QED) is 0.320. The number of aromatic amines is 1. The summed E-state index contributed by atoms with van der Waals surface area (Å²) in [7, 11) is 0. The second-order valence-electron chi connectivity index (χ2n) is 8.65. The van der Waals surface area contributed by atoms with E-state index in [-0.39, 0.29) is 17.9 Å². The Morgan fingerprint density at radius 1 is 0.914 bits per heavy atom. The number of hydrogen-bond donors (Lipinski definition) is 3. The van der Waals surface area contributed by atoms with Gasteiger partial charge in [-0.25, -0.2) is 0 Å². The molecule has 5 aromatic rings. The van der Waals surface area contributed by atoms with Gasteiger partial charge in [-0.3, -0.25) is 14.6 Å². The van der Waals surface area contributed by atoms with E-state index in [1.54, 1.807) is 12.3 Å². The number of carbonyl (C=O) groups excluding carboxylic acids is 2. The summed E-state index contributed by atoms with van der Waals surface area (Å²) in [5.41, 5.74) is 4.18. The van der Waals surface area contributed by atoms with E-state index < -0.39 is 6.04 Å². The monoisotopic (exact) mass is 462 g/mol. The fourth-order valence-corrected chi connectivity index (χ4v) is 4.31. The van der Waals surface area contributed by atoms with Crippen LogP contribution in [0.5, 0.6) is 0 Å². The van der Waals surface area contributed by atoms with Crippen LogP contribution >= 0.6 is 0 Å². The molecule has 0 saturated heterocycles. The van der Waals surface area contributed by atoms with Crippen LogP contribution in [0, 0.1) is 0 Å². The number of amides is 2. The van der Waals surface area contributed by atoms with Crippen molar-refractivity contribution < 1.29 is 9.59 Å². The molecule has 174 valence electrons. The number of H-pyrrole nitrogens is 1. The summed E-state index contributed by atoms with van der Waals surface area (Å²) in [4.78, 5) is 34.3. The molecule has 0 fully saturated rings. The second-order valence-corrected chi connectivity index (χ2v) is 8.65. The van der Waals surface area contributed by atoms with Crippen molar-refractivity contribution in [2.45, 2.75) is 25.4 Å². The predicted octanol–water partition coefficient (Wildman–Crippen LogP) is 4.93. The van der Waals surface area contributed by atoms with Gasteiger partial charge < -0.3 is 15.6 Å². The van der Waals surface area contributed by atoms with Gasteiger partial charge in [0, 0.05) is 35.1 Å². The number of aromatic nitrogens is 2. The summed E-state index contributed by atoms with van der Waals surface area (Å²) >= 11 is 0. The van der Waals surface area contributed by atoms with Crippen LogP contribution in [0.25, 0.3) is 21.8 Å². The maximum atomic E-state index is 13.4. The molecule has 2 amide bonds. The van der Waals surface area contributed by atoms with Gasteiger partial charge in [-0.2, -0.15) is 0 Å². The van der Waals surface area contributed by atoms with E-state index in [0.29, 0.717) is 12.0 Å². The molecule has 5 rings (SSSR count). The summed E-state index contributed by atoms with van der Waals surface area (Å²) in [6.07, 6.45) is 3.80. The Hall–Kier alpha value is -4.45. The number of para-hydroxylation sites is 2. The zero-order valence-electron chi connectivity index (χ0n) is 19.4. The lowest BCUT2D eigenvalue weighted by Gasteiger charge is -2.22. The first-order valence-electron chi connectivity index (χ1n) is 11.6. The first-order valence-corrected chi connectivity index (χ1v) is 11.6. The number of hydrogen-bond acceptors (Lipinski definition) is 3. The molecule has 35 heavy (non-hydrogen) atoms. The number of fused-ring (bicyclic) bond motifs is 2. The van der Waals surface area contributed by atoms with Crippen molar-refractivity contribution in [3.63, 3.8) is 0 Å². The average molecular weight is 463 g/mol. The summed E-state index contributed by atoms with van der Waals surface area (Å²) in [5.74, 6) is -0.579. The van der Waals surface area contributed by atoms with Crippen molar-refractivity contribution in [1.82, 2.24) is 20.6 Å². The molecule has 0 aliphatic rings. The van der Waals surface area contributed by atoms with Gasteiger partial charge in [-0.05, 0) is 36.2 Å². The lowest BCUT2D eigenvalue weighted by molar-refractivity contribution is -0.123. The SMILES string of the molecule is C[C@@H](NC(=O)[C@@H](Cc1c[nH]c2ccccc12)NC(=O)c1cnc2ccccc2c1)c1ccccc1. The van der Waals surface area contributed by atoms with Crippen molar-refractivity contribution in [1.29, 1.82) is 0 Å². The molecule has 0 aliphatic heterocycles. The number of benzene rings is 3. The van der Waals surface area contributed by atoms with Gasteiger partial charge in [0.05, 0.1) is 17.1 Å². The van der Waals surface area contributed by atoms with Crippen molar-refractivity contribution >= 4 is 33.6 Å². The lowest BCUT2D eigenvalue weighted by atomic mass is 10.0. The minimum atomic E-state index is -0.765. The van der Waals surface area contributed by atoms with E-state index in [2.05, 4.69) is 20.6 Å². The van der Waals surface area contributed by atoms with Gasteiger partial charge in [0.15, 0.2) is 0 Å². The Morgan fingerprint density at radius 3 is 2.51 bits per heavy atom. The van der Waals surface area contributed by atoms with Crippen LogP contribution in [0.3, 0.4) is 0 Å². The molecular weight excluding hydrogens is 436 g/mol. The molecule has 6 nitrogen and oxygen atoms in total. The molecule has 0 bridgehead atoms. The maximum absolute atomic E-state index is 13.4. The molecule has 0 spiro atoms. The molecule has 2 heterocycles. The number of nitrogens with zero attached hydrogens (tertiary/aromatic N) is 1. The molecule has 3 N–H and O–H groups in total. The Labute approximate surface area is 203 Å². The number of nitrogens with one attached hydrogen (secondary N) is 3. The third-order valence-corrected chi connectivity index (χ3v) is 6.23. The molecular formula is C29H26N4O2. The number of carbonyl (C=O) groups is 2. The van der Waals surface area contributed by atoms with Crippen LogP contribution in [0.1, 0.15) is 34.5 Å². The highest BCUT2D eigenvalue weighted by Crippen LogP contribution is 2.20. The first-order chi connectivity index (χ1) is 17.1. The summed E-state index contributed by atoms with van der Waals surface area (Å²) in [6.45, 7) is 1.94. The number of pyridine rings is 1. The zero-order valence-corrected chi connectivity index (χ0v) is 19.4. The predicted molar refractivity (Wildman–Crippen MR) is 138 cm³/mol. The van der Waals surface area contributed by atoms with E-state index in [0.717, 1.165) is 32.9 Å². The van der Waals surface area contributed by atoms with Gasteiger partial charge in [-0.15, -0.1) is 0 Å². The minimum Gasteiger partial charge on any atom is -0.361 e. The summed E-state index contributed by atoms with van der Waals surface area (Å²) in [6, 6.07) is 26.1. The molecule has 6 heteroatoms. The van der Waals surface area contributed by atoms with Crippen molar-refractivity contribution in [2.75, 3.05) is 0 Å². The van der Waals surface area contributed by atoms with Crippen molar-refractivity contribution in [3.05, 3.63) is 114 Å². The number of rotatable bonds is 7. The normalized spacial score (nSPS) is 12.8. The van der Waals surface area contributed by atoms with Crippen LogP contribution in [0.4, 0.5) is 0 Å². The van der Waals surface area contributed by atoms with E-state index >= 15 is 0 Å². The molecule has 0 unspecified atom stereocenters. The minimum absolute atomic E-state index is 0.201. The fraction of sp³-hybridized carbons (Fsp3) is 0.138. The summed E-state index contributed by atoms with van der Waals surface area (Å²) < 4.78 is 0. The molecule has 0 aliphatic carbocycles.